The minimum Gasteiger partial charge on any atom is -0.488 e. The van der Waals surface area contributed by atoms with Crippen molar-refractivity contribution in [3.05, 3.63) is 66.9 Å². The summed E-state index contributed by atoms with van der Waals surface area (Å²) in [4.78, 5) is 4.46. The lowest BCUT2D eigenvalue weighted by molar-refractivity contribution is 0.130. The van der Waals surface area contributed by atoms with Crippen LogP contribution in [0.25, 0.3) is 0 Å². The number of hydrogen-bond acceptors (Lipinski definition) is 4. The first-order valence-corrected chi connectivity index (χ1v) is 11.8. The summed E-state index contributed by atoms with van der Waals surface area (Å²) in [6.45, 7) is 12.3. The molecule has 0 amide bonds. The number of nitrogens with zero attached hydrogens (tertiary/aromatic N) is 1. The molecule has 5 heteroatoms. The summed E-state index contributed by atoms with van der Waals surface area (Å²) in [6.07, 6.45) is 1.76. The van der Waals surface area contributed by atoms with Crippen molar-refractivity contribution in [1.82, 2.24) is 4.98 Å². The molecule has 0 aliphatic heterocycles. The van der Waals surface area contributed by atoms with E-state index in [0.29, 0.717) is 5.88 Å². The monoisotopic (exact) mass is 437 g/mol. The van der Waals surface area contributed by atoms with E-state index in [-0.39, 0.29) is 11.2 Å². The number of aromatic nitrogens is 1. The van der Waals surface area contributed by atoms with Crippen LogP contribution >= 0.6 is 7.92 Å². The Bertz CT molecular complexity index is 962. The average Bonchev–Trinajstić information content (AvgIpc) is 2.66. The summed E-state index contributed by atoms with van der Waals surface area (Å²) in [6, 6.07) is 20.7. The molecule has 0 aliphatic rings. The maximum absolute atomic E-state index is 6.15. The molecule has 0 bridgehead atoms. The molecular formula is C26H32NO3P. The second-order valence-corrected chi connectivity index (χ2v) is 11.5. The number of methoxy groups -OCH3 is 1. The lowest BCUT2D eigenvalue weighted by Crippen LogP contribution is -2.26. The maximum Gasteiger partial charge on any atom is 0.221 e. The molecule has 0 aliphatic carbocycles. The van der Waals surface area contributed by atoms with Gasteiger partial charge >= 0.3 is 0 Å². The summed E-state index contributed by atoms with van der Waals surface area (Å²) in [5, 5.41) is 3.38. The Labute approximate surface area is 187 Å². The molecule has 4 nitrogen and oxygen atoms in total. The van der Waals surface area contributed by atoms with Crippen molar-refractivity contribution in [2.75, 3.05) is 7.11 Å². The van der Waals surface area contributed by atoms with Crippen LogP contribution < -0.4 is 30.1 Å². The smallest absolute Gasteiger partial charge is 0.221 e. The number of pyridine rings is 1. The van der Waals surface area contributed by atoms with E-state index in [9.17, 15) is 0 Å². The van der Waals surface area contributed by atoms with Crippen molar-refractivity contribution in [2.24, 2.45) is 0 Å². The molecule has 164 valence electrons. The highest BCUT2D eigenvalue weighted by Crippen LogP contribution is 2.38. The van der Waals surface area contributed by atoms with Crippen LogP contribution in [0.15, 0.2) is 66.9 Å². The van der Waals surface area contributed by atoms with Crippen LogP contribution in [0.2, 0.25) is 0 Å². The second-order valence-electron chi connectivity index (χ2n) is 9.29. The van der Waals surface area contributed by atoms with Crippen LogP contribution in [0.3, 0.4) is 0 Å². The van der Waals surface area contributed by atoms with Crippen molar-refractivity contribution in [2.45, 2.75) is 52.7 Å². The van der Waals surface area contributed by atoms with Crippen LogP contribution in [0.4, 0.5) is 0 Å². The lowest BCUT2D eigenvalue weighted by atomic mass is 10.2. The molecule has 0 unspecified atom stereocenters. The van der Waals surface area contributed by atoms with Crippen LogP contribution in [-0.2, 0) is 0 Å². The van der Waals surface area contributed by atoms with E-state index in [1.54, 1.807) is 13.3 Å². The molecule has 0 atom stereocenters. The van der Waals surface area contributed by atoms with Gasteiger partial charge in [-0.15, -0.1) is 0 Å². The van der Waals surface area contributed by atoms with Gasteiger partial charge in [-0.1, -0.05) is 24.3 Å². The quantitative estimate of drug-likeness (QED) is 0.497. The first-order chi connectivity index (χ1) is 14.6. The molecule has 2 aromatic carbocycles. The Morgan fingerprint density at radius 3 is 1.68 bits per heavy atom. The van der Waals surface area contributed by atoms with Crippen LogP contribution in [-0.4, -0.2) is 23.3 Å². The standard InChI is InChI=1S/C26H32NO3P/c1-25(2,3)29-19-11-8-13-21(17-19)31(23-15-10-16-27-24(23)28-7)22-14-9-12-20(18-22)30-26(4,5)6/h8-18H,1-7H3. The van der Waals surface area contributed by atoms with E-state index in [4.69, 9.17) is 14.2 Å². The lowest BCUT2D eigenvalue weighted by Gasteiger charge is -2.25. The van der Waals surface area contributed by atoms with Gasteiger partial charge in [0.25, 0.3) is 0 Å². The molecule has 1 aromatic heterocycles. The van der Waals surface area contributed by atoms with E-state index in [0.717, 1.165) is 27.4 Å². The van der Waals surface area contributed by atoms with Crippen molar-refractivity contribution in [3.63, 3.8) is 0 Å². The van der Waals surface area contributed by atoms with Crippen LogP contribution in [0, 0.1) is 0 Å². The summed E-state index contributed by atoms with van der Waals surface area (Å²) in [7, 11) is 0.729. The van der Waals surface area contributed by atoms with Crippen molar-refractivity contribution in [1.29, 1.82) is 0 Å². The molecule has 0 fully saturated rings. The van der Waals surface area contributed by atoms with Gasteiger partial charge in [-0.25, -0.2) is 4.98 Å². The molecule has 31 heavy (non-hydrogen) atoms. The van der Waals surface area contributed by atoms with Gasteiger partial charge < -0.3 is 14.2 Å². The molecule has 0 spiro atoms. The summed E-state index contributed by atoms with van der Waals surface area (Å²) < 4.78 is 17.9. The molecule has 0 saturated heterocycles. The molecule has 0 N–H and O–H groups in total. The topological polar surface area (TPSA) is 40.6 Å². The van der Waals surface area contributed by atoms with Crippen molar-refractivity contribution in [3.8, 4) is 17.4 Å². The fourth-order valence-electron chi connectivity index (χ4n) is 3.22. The molecule has 3 rings (SSSR count). The predicted molar refractivity (Wildman–Crippen MR) is 130 cm³/mol. The molecule has 0 saturated carbocycles. The zero-order chi connectivity index (χ0) is 22.6. The van der Waals surface area contributed by atoms with E-state index in [1.807, 2.05) is 30.3 Å². The highest BCUT2D eigenvalue weighted by molar-refractivity contribution is 7.80. The third-order valence-electron chi connectivity index (χ3n) is 4.19. The normalized spacial score (nSPS) is 12.0. The van der Waals surface area contributed by atoms with Gasteiger partial charge in [-0.05, 0) is 96.5 Å². The third kappa shape index (κ3) is 6.45. The van der Waals surface area contributed by atoms with Crippen molar-refractivity contribution >= 4 is 23.8 Å². The van der Waals surface area contributed by atoms with Gasteiger partial charge in [0.05, 0.1) is 7.11 Å². The summed E-state index contributed by atoms with van der Waals surface area (Å²) >= 11 is 0. The SMILES string of the molecule is COc1ncccc1P(c1cccc(OC(C)(C)C)c1)c1cccc(OC(C)(C)C)c1. The van der Waals surface area contributed by atoms with Gasteiger partial charge in [0.1, 0.15) is 22.7 Å². The van der Waals surface area contributed by atoms with E-state index in [2.05, 4.69) is 76.9 Å². The fourth-order valence-corrected chi connectivity index (χ4v) is 5.63. The Morgan fingerprint density at radius 2 is 1.23 bits per heavy atom. The number of benzene rings is 2. The summed E-state index contributed by atoms with van der Waals surface area (Å²) in [5.74, 6) is 2.34. The first-order valence-electron chi connectivity index (χ1n) is 10.4. The average molecular weight is 438 g/mol. The van der Waals surface area contributed by atoms with Gasteiger partial charge in [-0.2, -0.15) is 0 Å². The van der Waals surface area contributed by atoms with E-state index < -0.39 is 7.92 Å². The van der Waals surface area contributed by atoms with Gasteiger partial charge in [0.15, 0.2) is 0 Å². The van der Waals surface area contributed by atoms with Crippen molar-refractivity contribution < 1.29 is 14.2 Å². The number of ether oxygens (including phenoxy) is 3. The van der Waals surface area contributed by atoms with E-state index in [1.165, 1.54) is 0 Å². The summed E-state index contributed by atoms with van der Waals surface area (Å²) in [5.41, 5.74) is -0.540. The van der Waals surface area contributed by atoms with E-state index >= 15 is 0 Å². The Balaban J connectivity index is 2.14. The predicted octanol–water partition coefficient (Wildman–Crippen LogP) is 5.20. The maximum atomic E-state index is 6.15. The zero-order valence-corrected chi connectivity index (χ0v) is 20.4. The Hall–Kier alpha value is -2.58. The zero-order valence-electron chi connectivity index (χ0n) is 19.5. The van der Waals surface area contributed by atoms with Gasteiger partial charge in [0, 0.05) is 11.5 Å². The molecular weight excluding hydrogens is 405 g/mol. The molecule has 1 heterocycles. The minimum atomic E-state index is -0.936. The number of rotatable bonds is 6. The first kappa shape index (κ1) is 23.1. The number of hydrogen-bond donors (Lipinski definition) is 0. The Kier molecular flexibility index (Phi) is 6.91. The largest absolute Gasteiger partial charge is 0.488 e. The van der Waals surface area contributed by atoms with Crippen LogP contribution in [0.1, 0.15) is 41.5 Å². The fraction of sp³-hybridized carbons (Fsp3) is 0.346. The van der Waals surface area contributed by atoms with Gasteiger partial charge in [-0.3, -0.25) is 0 Å². The highest BCUT2D eigenvalue weighted by Gasteiger charge is 2.23. The highest BCUT2D eigenvalue weighted by atomic mass is 31.1. The van der Waals surface area contributed by atoms with Gasteiger partial charge in [0.2, 0.25) is 5.88 Å². The third-order valence-corrected chi connectivity index (χ3v) is 6.60. The second kappa shape index (κ2) is 9.28. The minimum absolute atomic E-state index is 0.270. The van der Waals surface area contributed by atoms with Crippen LogP contribution in [0.5, 0.6) is 17.4 Å². The molecule has 3 aromatic rings. The molecule has 0 radical (unpaired) electrons. The Morgan fingerprint density at radius 1 is 0.710 bits per heavy atom.